The number of aromatic nitrogens is 3. The molecule has 0 atom stereocenters. The first-order chi connectivity index (χ1) is 10.2. The van der Waals surface area contributed by atoms with Gasteiger partial charge in [-0.15, -0.1) is 0 Å². The largest absolute Gasteiger partial charge is 0.374 e. The van der Waals surface area contributed by atoms with Crippen molar-refractivity contribution < 1.29 is 4.74 Å². The number of nitrogens with zero attached hydrogens (tertiary/aromatic N) is 3. The first-order valence-electron chi connectivity index (χ1n) is 7.00. The number of nitrogens with one attached hydrogen (secondary N) is 2. The Labute approximate surface area is 125 Å². The number of pyridine rings is 1. The van der Waals surface area contributed by atoms with Crippen LogP contribution in [0.15, 0.2) is 24.4 Å². The van der Waals surface area contributed by atoms with E-state index in [0.29, 0.717) is 25.6 Å². The first-order valence-corrected chi connectivity index (χ1v) is 7.00. The maximum Gasteiger partial charge on any atom is 0.158 e. The lowest BCUT2D eigenvalue weighted by molar-refractivity contribution is 0.128. The fourth-order valence-corrected chi connectivity index (χ4v) is 1.85. The molecule has 2 heterocycles. The molecule has 0 aliphatic rings. The minimum Gasteiger partial charge on any atom is -0.374 e. The van der Waals surface area contributed by atoms with Crippen LogP contribution in [-0.4, -0.2) is 28.6 Å². The molecule has 112 valence electrons. The van der Waals surface area contributed by atoms with Crippen molar-refractivity contribution in [3.63, 3.8) is 0 Å². The molecule has 0 aromatic carbocycles. The highest BCUT2D eigenvalue weighted by molar-refractivity contribution is 5.47. The summed E-state index contributed by atoms with van der Waals surface area (Å²) >= 11 is 0. The maximum atomic E-state index is 5.36. The summed E-state index contributed by atoms with van der Waals surface area (Å²) in [6.07, 6.45) is 1.80. The van der Waals surface area contributed by atoms with Crippen LogP contribution in [-0.2, 0) is 17.9 Å². The SMILES string of the molecule is CCOCc1nc(NC)cc(NCc2ncccc2C)n1. The normalized spacial score (nSPS) is 10.4. The molecule has 0 bridgehead atoms. The lowest BCUT2D eigenvalue weighted by atomic mass is 10.2. The van der Waals surface area contributed by atoms with E-state index in [2.05, 4.69) is 25.6 Å². The molecule has 0 unspecified atom stereocenters. The Morgan fingerprint density at radius 2 is 2.05 bits per heavy atom. The molecular weight excluding hydrogens is 266 g/mol. The monoisotopic (exact) mass is 287 g/mol. The van der Waals surface area contributed by atoms with E-state index in [1.54, 1.807) is 6.20 Å². The second kappa shape index (κ2) is 7.54. The summed E-state index contributed by atoms with van der Waals surface area (Å²) in [5.41, 5.74) is 2.16. The topological polar surface area (TPSA) is 72.0 Å². The van der Waals surface area contributed by atoms with Gasteiger partial charge in [-0.2, -0.15) is 0 Å². The van der Waals surface area contributed by atoms with Gasteiger partial charge in [-0.05, 0) is 25.5 Å². The van der Waals surface area contributed by atoms with Crippen LogP contribution in [0, 0.1) is 6.92 Å². The van der Waals surface area contributed by atoms with E-state index >= 15 is 0 Å². The van der Waals surface area contributed by atoms with Crippen LogP contribution in [0.3, 0.4) is 0 Å². The van der Waals surface area contributed by atoms with Crippen LogP contribution in [0.2, 0.25) is 0 Å². The molecule has 2 aromatic rings. The van der Waals surface area contributed by atoms with Crippen LogP contribution in [0.4, 0.5) is 11.6 Å². The molecule has 0 spiro atoms. The van der Waals surface area contributed by atoms with Crippen molar-refractivity contribution in [2.45, 2.75) is 27.0 Å². The summed E-state index contributed by atoms with van der Waals surface area (Å²) in [4.78, 5) is 13.2. The zero-order valence-corrected chi connectivity index (χ0v) is 12.7. The van der Waals surface area contributed by atoms with Crippen molar-refractivity contribution in [3.8, 4) is 0 Å². The molecule has 6 nitrogen and oxygen atoms in total. The molecule has 0 aliphatic heterocycles. The summed E-state index contributed by atoms with van der Waals surface area (Å²) < 4.78 is 5.36. The van der Waals surface area contributed by atoms with Gasteiger partial charge in [0.25, 0.3) is 0 Å². The van der Waals surface area contributed by atoms with Crippen molar-refractivity contribution in [1.82, 2.24) is 15.0 Å². The van der Waals surface area contributed by atoms with Crippen molar-refractivity contribution >= 4 is 11.6 Å². The van der Waals surface area contributed by atoms with Crippen molar-refractivity contribution in [2.75, 3.05) is 24.3 Å². The summed E-state index contributed by atoms with van der Waals surface area (Å²) in [7, 11) is 1.83. The van der Waals surface area contributed by atoms with E-state index in [9.17, 15) is 0 Å². The van der Waals surface area contributed by atoms with E-state index in [1.807, 2.05) is 39.1 Å². The fraction of sp³-hybridized carbons (Fsp3) is 0.400. The summed E-state index contributed by atoms with van der Waals surface area (Å²) in [6, 6.07) is 5.85. The molecule has 6 heteroatoms. The Morgan fingerprint density at radius 1 is 1.24 bits per heavy atom. The van der Waals surface area contributed by atoms with Gasteiger partial charge < -0.3 is 15.4 Å². The number of aryl methyl sites for hydroxylation is 1. The molecule has 0 saturated heterocycles. The molecule has 0 amide bonds. The smallest absolute Gasteiger partial charge is 0.158 e. The van der Waals surface area contributed by atoms with Crippen LogP contribution < -0.4 is 10.6 Å². The van der Waals surface area contributed by atoms with Crippen LogP contribution in [0.25, 0.3) is 0 Å². The molecule has 21 heavy (non-hydrogen) atoms. The molecule has 0 radical (unpaired) electrons. The average molecular weight is 287 g/mol. The summed E-state index contributed by atoms with van der Waals surface area (Å²) in [5, 5.41) is 6.32. The molecule has 0 fully saturated rings. The van der Waals surface area contributed by atoms with Gasteiger partial charge in [0.05, 0.1) is 12.2 Å². The van der Waals surface area contributed by atoms with Crippen LogP contribution in [0.1, 0.15) is 24.0 Å². The van der Waals surface area contributed by atoms with E-state index in [-0.39, 0.29) is 0 Å². The predicted octanol–water partition coefficient (Wildman–Crippen LogP) is 2.37. The molecule has 2 N–H and O–H groups in total. The first kappa shape index (κ1) is 15.2. The zero-order chi connectivity index (χ0) is 15.1. The van der Waals surface area contributed by atoms with Crippen molar-refractivity contribution in [3.05, 3.63) is 41.5 Å². The van der Waals surface area contributed by atoms with Gasteiger partial charge in [-0.25, -0.2) is 9.97 Å². The Kier molecular flexibility index (Phi) is 5.45. The number of hydrogen-bond donors (Lipinski definition) is 2. The van der Waals surface area contributed by atoms with E-state index < -0.39 is 0 Å². The lowest BCUT2D eigenvalue weighted by Crippen LogP contribution is -2.09. The van der Waals surface area contributed by atoms with E-state index in [1.165, 1.54) is 0 Å². The number of hydrogen-bond acceptors (Lipinski definition) is 6. The Balaban J connectivity index is 2.09. The second-order valence-electron chi connectivity index (χ2n) is 4.56. The van der Waals surface area contributed by atoms with Gasteiger partial charge >= 0.3 is 0 Å². The number of ether oxygens (including phenoxy) is 1. The summed E-state index contributed by atoms with van der Waals surface area (Å²) in [5.74, 6) is 2.18. The number of anilines is 2. The molecule has 0 saturated carbocycles. The van der Waals surface area contributed by atoms with Gasteiger partial charge in [0.15, 0.2) is 5.82 Å². The van der Waals surface area contributed by atoms with Gasteiger partial charge in [-0.1, -0.05) is 6.07 Å². The number of rotatable bonds is 7. The van der Waals surface area contributed by atoms with Gasteiger partial charge in [0.1, 0.15) is 18.2 Å². The van der Waals surface area contributed by atoms with Crippen molar-refractivity contribution in [2.24, 2.45) is 0 Å². The maximum absolute atomic E-state index is 5.36. The third-order valence-corrected chi connectivity index (χ3v) is 3.02. The standard InChI is InChI=1S/C15H21N5O/c1-4-21-10-15-19-13(16-3)8-14(20-15)18-9-12-11(2)6-5-7-17-12/h5-8H,4,9-10H2,1-3H3,(H2,16,18,19,20). The minimum atomic E-state index is 0.406. The Bertz CT molecular complexity index is 588. The average Bonchev–Trinajstić information content (AvgIpc) is 2.52. The predicted molar refractivity (Wildman–Crippen MR) is 83.2 cm³/mol. The minimum absolute atomic E-state index is 0.406. The molecular formula is C15H21N5O. The molecule has 0 aliphatic carbocycles. The second-order valence-corrected chi connectivity index (χ2v) is 4.56. The van der Waals surface area contributed by atoms with Crippen molar-refractivity contribution in [1.29, 1.82) is 0 Å². The summed E-state index contributed by atoms with van der Waals surface area (Å²) in [6.45, 7) is 5.67. The lowest BCUT2D eigenvalue weighted by Gasteiger charge is -2.10. The Hall–Kier alpha value is -2.21. The fourth-order valence-electron chi connectivity index (χ4n) is 1.85. The van der Waals surface area contributed by atoms with Crippen LogP contribution >= 0.6 is 0 Å². The highest BCUT2D eigenvalue weighted by atomic mass is 16.5. The van der Waals surface area contributed by atoms with Gasteiger partial charge in [0.2, 0.25) is 0 Å². The molecule has 2 rings (SSSR count). The van der Waals surface area contributed by atoms with Crippen LogP contribution in [0.5, 0.6) is 0 Å². The third kappa shape index (κ3) is 4.39. The van der Waals surface area contributed by atoms with E-state index in [4.69, 9.17) is 4.74 Å². The Morgan fingerprint density at radius 3 is 2.76 bits per heavy atom. The molecule has 2 aromatic heterocycles. The van der Waals surface area contributed by atoms with E-state index in [0.717, 1.165) is 22.9 Å². The third-order valence-electron chi connectivity index (χ3n) is 3.02. The van der Waals surface area contributed by atoms with Gasteiger partial charge in [-0.3, -0.25) is 4.98 Å². The highest BCUT2D eigenvalue weighted by Gasteiger charge is 2.05. The van der Waals surface area contributed by atoms with Gasteiger partial charge in [0, 0.05) is 25.9 Å². The highest BCUT2D eigenvalue weighted by Crippen LogP contribution is 2.13. The zero-order valence-electron chi connectivity index (χ0n) is 12.7. The quantitative estimate of drug-likeness (QED) is 0.814.